The zero-order valence-electron chi connectivity index (χ0n) is 14.9. The van der Waals surface area contributed by atoms with Gasteiger partial charge in [0.05, 0.1) is 0 Å². The Morgan fingerprint density at radius 2 is 1.59 bits per heavy atom. The molecule has 150 valence electrons. The van der Waals surface area contributed by atoms with E-state index in [4.69, 9.17) is 9.15 Å². The third-order valence-corrected chi connectivity index (χ3v) is 3.87. The molecule has 0 aliphatic heterocycles. The number of carbonyl (C=O) groups excluding carboxylic acids is 2. The van der Waals surface area contributed by atoms with Crippen molar-refractivity contribution in [3.8, 4) is 5.75 Å². The standard InChI is InChI=1S/C20H13F4NO4/c1-10(26)11-2-4-12(5-3-11)25-20(27)16-7-6-13(29-16)9-28-19-17(23)14(21)8-15(22)18(19)24/h2-8H,9H2,1H3,(H,25,27). The maximum Gasteiger partial charge on any atom is 0.291 e. The van der Waals surface area contributed by atoms with Crippen molar-refractivity contribution in [1.82, 2.24) is 0 Å². The first-order chi connectivity index (χ1) is 13.8. The van der Waals surface area contributed by atoms with Gasteiger partial charge in [0.1, 0.15) is 12.4 Å². The first kappa shape index (κ1) is 20.1. The molecule has 0 atom stereocenters. The average Bonchev–Trinajstić information content (AvgIpc) is 3.16. The largest absolute Gasteiger partial charge is 0.479 e. The van der Waals surface area contributed by atoms with E-state index in [-0.39, 0.29) is 23.4 Å². The van der Waals surface area contributed by atoms with Crippen LogP contribution in [0.25, 0.3) is 0 Å². The molecular weight excluding hydrogens is 394 g/mol. The molecule has 29 heavy (non-hydrogen) atoms. The molecule has 9 heteroatoms. The highest BCUT2D eigenvalue weighted by molar-refractivity contribution is 6.02. The number of ether oxygens (including phenoxy) is 1. The molecule has 0 radical (unpaired) electrons. The highest BCUT2D eigenvalue weighted by Gasteiger charge is 2.21. The van der Waals surface area contributed by atoms with E-state index in [0.29, 0.717) is 11.3 Å². The summed E-state index contributed by atoms with van der Waals surface area (Å²) in [6.07, 6.45) is 0. The van der Waals surface area contributed by atoms with Gasteiger partial charge in [-0.3, -0.25) is 9.59 Å². The van der Waals surface area contributed by atoms with E-state index < -0.39 is 41.5 Å². The fourth-order valence-electron chi connectivity index (χ4n) is 2.38. The van der Waals surface area contributed by atoms with Crippen LogP contribution in [0, 0.1) is 23.3 Å². The number of carbonyl (C=O) groups is 2. The van der Waals surface area contributed by atoms with Gasteiger partial charge in [-0.15, -0.1) is 0 Å². The highest BCUT2D eigenvalue weighted by Crippen LogP contribution is 2.27. The molecule has 1 N–H and O–H groups in total. The summed E-state index contributed by atoms with van der Waals surface area (Å²) in [6.45, 7) is 0.841. The Balaban J connectivity index is 1.66. The van der Waals surface area contributed by atoms with Crippen LogP contribution in [0.3, 0.4) is 0 Å². The third kappa shape index (κ3) is 4.45. The number of nitrogens with one attached hydrogen (secondary N) is 1. The minimum absolute atomic E-state index is 0.00875. The maximum atomic E-state index is 13.6. The van der Waals surface area contributed by atoms with Gasteiger partial charge in [-0.25, -0.2) is 8.78 Å². The molecule has 0 aliphatic rings. The lowest BCUT2D eigenvalue weighted by atomic mass is 10.1. The molecule has 3 aromatic rings. The van der Waals surface area contributed by atoms with Gasteiger partial charge in [-0.2, -0.15) is 8.78 Å². The number of ketones is 1. The highest BCUT2D eigenvalue weighted by atomic mass is 19.2. The summed E-state index contributed by atoms with van der Waals surface area (Å²) in [5, 5.41) is 2.54. The minimum atomic E-state index is -1.68. The van der Waals surface area contributed by atoms with Gasteiger partial charge in [0.2, 0.25) is 11.6 Å². The van der Waals surface area contributed by atoms with Crippen LogP contribution >= 0.6 is 0 Å². The van der Waals surface area contributed by atoms with Gasteiger partial charge in [0, 0.05) is 17.3 Å². The molecule has 0 unspecified atom stereocenters. The van der Waals surface area contributed by atoms with E-state index in [1.54, 1.807) is 12.1 Å². The molecule has 0 aliphatic carbocycles. The smallest absolute Gasteiger partial charge is 0.291 e. The lowest BCUT2D eigenvalue weighted by molar-refractivity contribution is 0.0990. The lowest BCUT2D eigenvalue weighted by Crippen LogP contribution is -2.11. The lowest BCUT2D eigenvalue weighted by Gasteiger charge is -2.08. The van der Waals surface area contributed by atoms with Crippen LogP contribution < -0.4 is 10.1 Å². The molecule has 1 heterocycles. The van der Waals surface area contributed by atoms with Crippen molar-refractivity contribution in [1.29, 1.82) is 0 Å². The van der Waals surface area contributed by atoms with E-state index >= 15 is 0 Å². The number of Topliss-reactive ketones (excluding diaryl/α,β-unsaturated/α-hetero) is 1. The molecule has 2 aromatic carbocycles. The van der Waals surface area contributed by atoms with Crippen LogP contribution in [0.4, 0.5) is 23.2 Å². The van der Waals surface area contributed by atoms with Crippen LogP contribution in [0.1, 0.15) is 33.6 Å². The summed E-state index contributed by atoms with van der Waals surface area (Å²) in [5.41, 5.74) is 0.891. The van der Waals surface area contributed by atoms with E-state index in [2.05, 4.69) is 5.32 Å². The van der Waals surface area contributed by atoms with Crippen LogP contribution in [-0.4, -0.2) is 11.7 Å². The van der Waals surface area contributed by atoms with E-state index in [0.717, 1.165) is 0 Å². The second kappa shape index (κ2) is 8.17. The molecule has 0 saturated heterocycles. The zero-order chi connectivity index (χ0) is 21.1. The number of halogens is 4. The molecule has 0 fully saturated rings. The number of rotatable bonds is 6. The minimum Gasteiger partial charge on any atom is -0.479 e. The van der Waals surface area contributed by atoms with Crippen molar-refractivity contribution in [2.75, 3.05) is 5.32 Å². The van der Waals surface area contributed by atoms with Crippen LogP contribution in [0.2, 0.25) is 0 Å². The van der Waals surface area contributed by atoms with Crippen molar-refractivity contribution in [3.63, 3.8) is 0 Å². The molecular formula is C20H13F4NO4. The maximum absolute atomic E-state index is 13.6. The number of benzene rings is 2. The number of hydrogen-bond acceptors (Lipinski definition) is 4. The number of amides is 1. The monoisotopic (exact) mass is 407 g/mol. The van der Waals surface area contributed by atoms with Gasteiger partial charge < -0.3 is 14.5 Å². The first-order valence-corrected chi connectivity index (χ1v) is 8.23. The quantitative estimate of drug-likeness (QED) is 0.360. The Morgan fingerprint density at radius 3 is 2.17 bits per heavy atom. The molecule has 0 spiro atoms. The van der Waals surface area contributed by atoms with Crippen LogP contribution in [0.15, 0.2) is 46.9 Å². The zero-order valence-corrected chi connectivity index (χ0v) is 14.9. The van der Waals surface area contributed by atoms with Gasteiger partial charge in [0.25, 0.3) is 5.91 Å². The van der Waals surface area contributed by atoms with Crippen molar-refractivity contribution >= 4 is 17.4 Å². The summed E-state index contributed by atoms with van der Waals surface area (Å²) in [7, 11) is 0. The normalized spacial score (nSPS) is 10.7. The molecule has 1 amide bonds. The third-order valence-electron chi connectivity index (χ3n) is 3.87. The van der Waals surface area contributed by atoms with Gasteiger partial charge in [0.15, 0.2) is 28.9 Å². The second-order valence-electron chi connectivity index (χ2n) is 5.94. The Morgan fingerprint density at radius 1 is 0.966 bits per heavy atom. The van der Waals surface area contributed by atoms with E-state index in [1.807, 2.05) is 0 Å². The fraction of sp³-hybridized carbons (Fsp3) is 0.100. The van der Waals surface area contributed by atoms with E-state index in [9.17, 15) is 27.2 Å². The van der Waals surface area contributed by atoms with Crippen LogP contribution in [0.5, 0.6) is 5.75 Å². The average molecular weight is 407 g/mol. The van der Waals surface area contributed by atoms with Gasteiger partial charge >= 0.3 is 0 Å². The van der Waals surface area contributed by atoms with E-state index in [1.165, 1.54) is 31.2 Å². The SMILES string of the molecule is CC(=O)c1ccc(NC(=O)c2ccc(COc3c(F)c(F)cc(F)c3F)o2)cc1. The van der Waals surface area contributed by atoms with Gasteiger partial charge in [-0.1, -0.05) is 0 Å². The summed E-state index contributed by atoms with van der Waals surface area (Å²) in [5.74, 6) is -8.68. The summed E-state index contributed by atoms with van der Waals surface area (Å²) in [6, 6.07) is 8.81. The van der Waals surface area contributed by atoms with Crippen molar-refractivity contribution in [2.24, 2.45) is 0 Å². The first-order valence-electron chi connectivity index (χ1n) is 8.23. The van der Waals surface area contributed by atoms with Crippen LogP contribution in [-0.2, 0) is 6.61 Å². The molecule has 1 aromatic heterocycles. The topological polar surface area (TPSA) is 68.5 Å². The van der Waals surface area contributed by atoms with Crippen molar-refractivity contribution in [2.45, 2.75) is 13.5 Å². The predicted molar refractivity (Wildman–Crippen MR) is 93.7 cm³/mol. The predicted octanol–water partition coefficient (Wildman–Crippen LogP) is 4.87. The summed E-state index contributed by atoms with van der Waals surface area (Å²) < 4.78 is 63.5. The number of furan rings is 1. The number of hydrogen-bond donors (Lipinski definition) is 1. The number of anilines is 1. The summed E-state index contributed by atoms with van der Waals surface area (Å²) in [4.78, 5) is 23.4. The second-order valence-corrected chi connectivity index (χ2v) is 5.94. The van der Waals surface area contributed by atoms with Gasteiger partial charge in [-0.05, 0) is 43.3 Å². The Labute approximate surface area is 161 Å². The Bertz CT molecular complexity index is 1050. The molecule has 0 saturated carbocycles. The Kier molecular flexibility index (Phi) is 5.67. The molecule has 3 rings (SSSR count). The summed E-state index contributed by atoms with van der Waals surface area (Å²) >= 11 is 0. The molecule has 5 nitrogen and oxygen atoms in total. The van der Waals surface area contributed by atoms with Crippen molar-refractivity contribution < 1.29 is 36.3 Å². The van der Waals surface area contributed by atoms with Crippen molar-refractivity contribution in [3.05, 3.63) is 82.8 Å². The molecule has 0 bridgehead atoms. The fourth-order valence-corrected chi connectivity index (χ4v) is 2.38. The Hall–Kier alpha value is -3.62.